The summed E-state index contributed by atoms with van der Waals surface area (Å²) in [6.07, 6.45) is 0. The highest BCUT2D eigenvalue weighted by atomic mass is 33.1. The topological polar surface area (TPSA) is 38.8 Å². The molecule has 16 heavy (non-hydrogen) atoms. The molecule has 0 spiro atoms. The zero-order valence-electron chi connectivity index (χ0n) is 9.93. The van der Waals surface area contributed by atoms with Crippen molar-refractivity contribution in [2.45, 2.75) is 24.6 Å². The predicted octanol–water partition coefficient (Wildman–Crippen LogP) is 1.22. The molecule has 0 radical (unpaired) electrons. The lowest BCUT2D eigenvalue weighted by Gasteiger charge is -2.39. The largest absolute Gasteiger partial charge is 0.382 e. The summed E-state index contributed by atoms with van der Waals surface area (Å²) < 4.78 is 9.96. The lowest BCUT2D eigenvalue weighted by Crippen LogP contribution is -2.55. The number of morpholine rings is 1. The van der Waals surface area contributed by atoms with Crippen molar-refractivity contribution in [3.8, 4) is 0 Å². The Kier molecular flexibility index (Phi) is 5.43. The van der Waals surface area contributed by atoms with Crippen LogP contribution in [0.5, 0.6) is 0 Å². The first-order valence-corrected chi connectivity index (χ1v) is 7.10. The molecule has 0 aromatic rings. The SMILES string of the molecule is COC[C@H]1COCCN1C(=O)C(C)(C)SS. The molecule has 1 heterocycles. The van der Waals surface area contributed by atoms with Gasteiger partial charge in [0.1, 0.15) is 0 Å². The van der Waals surface area contributed by atoms with Crippen molar-refractivity contribution in [2.75, 3.05) is 33.5 Å². The number of rotatable bonds is 4. The second-order valence-corrected chi connectivity index (χ2v) is 6.04. The van der Waals surface area contributed by atoms with Gasteiger partial charge < -0.3 is 14.4 Å². The maximum atomic E-state index is 12.3. The molecule has 6 heteroatoms. The van der Waals surface area contributed by atoms with Crippen molar-refractivity contribution in [3.63, 3.8) is 0 Å². The third kappa shape index (κ3) is 3.29. The normalized spacial score (nSPS) is 22.2. The summed E-state index contributed by atoms with van der Waals surface area (Å²) in [5.74, 6) is 0.0952. The Morgan fingerprint density at radius 3 is 2.94 bits per heavy atom. The highest BCUT2D eigenvalue weighted by Crippen LogP contribution is 2.30. The van der Waals surface area contributed by atoms with Crippen LogP contribution >= 0.6 is 22.5 Å². The summed E-state index contributed by atoms with van der Waals surface area (Å²) in [6, 6.07) is 0.0195. The summed E-state index contributed by atoms with van der Waals surface area (Å²) in [5.41, 5.74) is 0. The smallest absolute Gasteiger partial charge is 0.239 e. The second-order valence-electron chi connectivity index (χ2n) is 4.28. The Morgan fingerprint density at radius 1 is 1.69 bits per heavy atom. The summed E-state index contributed by atoms with van der Waals surface area (Å²) in [5, 5.41) is 0. The monoisotopic (exact) mass is 265 g/mol. The van der Waals surface area contributed by atoms with E-state index in [1.165, 1.54) is 10.8 Å². The van der Waals surface area contributed by atoms with Crippen LogP contribution in [0.4, 0.5) is 0 Å². The molecule has 0 N–H and O–H groups in total. The number of hydrogen-bond acceptors (Lipinski definition) is 5. The molecule has 0 unspecified atom stereocenters. The quantitative estimate of drug-likeness (QED) is 0.613. The Bertz CT molecular complexity index is 246. The molecule has 1 amide bonds. The molecule has 0 aromatic carbocycles. The van der Waals surface area contributed by atoms with E-state index in [1.54, 1.807) is 7.11 Å². The van der Waals surface area contributed by atoms with Gasteiger partial charge in [0, 0.05) is 13.7 Å². The molecule has 1 fully saturated rings. The minimum absolute atomic E-state index is 0.0195. The molecular formula is C10H19NO3S2. The number of ether oxygens (including phenoxy) is 2. The Hall–Kier alpha value is 0.0900. The average Bonchev–Trinajstić information content (AvgIpc) is 2.29. The number of carbonyl (C=O) groups is 1. The van der Waals surface area contributed by atoms with Crippen LogP contribution in [0.25, 0.3) is 0 Å². The molecule has 1 saturated heterocycles. The average molecular weight is 265 g/mol. The van der Waals surface area contributed by atoms with Crippen LogP contribution in [0, 0.1) is 0 Å². The summed E-state index contributed by atoms with van der Waals surface area (Å²) in [7, 11) is 2.91. The summed E-state index contributed by atoms with van der Waals surface area (Å²) in [6.45, 7) is 6.05. The van der Waals surface area contributed by atoms with Crippen molar-refractivity contribution in [3.05, 3.63) is 0 Å². The number of methoxy groups -OCH3 is 1. The first-order valence-electron chi connectivity index (χ1n) is 5.23. The van der Waals surface area contributed by atoms with E-state index in [2.05, 4.69) is 11.7 Å². The van der Waals surface area contributed by atoms with Crippen LogP contribution in [-0.2, 0) is 14.3 Å². The van der Waals surface area contributed by atoms with Gasteiger partial charge in [-0.1, -0.05) is 10.8 Å². The van der Waals surface area contributed by atoms with Crippen molar-refractivity contribution in [1.82, 2.24) is 4.90 Å². The number of thiol groups is 1. The lowest BCUT2D eigenvalue weighted by molar-refractivity contribution is -0.143. The van der Waals surface area contributed by atoms with Gasteiger partial charge >= 0.3 is 0 Å². The van der Waals surface area contributed by atoms with Crippen LogP contribution < -0.4 is 0 Å². The fourth-order valence-electron chi connectivity index (χ4n) is 1.64. The second kappa shape index (κ2) is 6.14. The van der Waals surface area contributed by atoms with Gasteiger partial charge in [-0.15, -0.1) is 11.7 Å². The number of carbonyl (C=O) groups excluding carboxylic acids is 1. The summed E-state index contributed by atoms with van der Waals surface area (Å²) in [4.78, 5) is 14.1. The van der Waals surface area contributed by atoms with Crippen LogP contribution in [0.15, 0.2) is 0 Å². The maximum Gasteiger partial charge on any atom is 0.239 e. The van der Waals surface area contributed by atoms with Crippen molar-refractivity contribution in [1.29, 1.82) is 0 Å². The Labute approximate surface area is 106 Å². The first-order chi connectivity index (χ1) is 7.53. The fourth-order valence-corrected chi connectivity index (χ4v) is 2.07. The molecule has 0 aromatic heterocycles. The van der Waals surface area contributed by atoms with E-state index in [0.717, 1.165) is 0 Å². The molecule has 0 aliphatic carbocycles. The van der Waals surface area contributed by atoms with E-state index < -0.39 is 4.75 Å². The van der Waals surface area contributed by atoms with E-state index in [0.29, 0.717) is 26.4 Å². The van der Waals surface area contributed by atoms with Crippen LogP contribution in [0.3, 0.4) is 0 Å². The zero-order chi connectivity index (χ0) is 12.2. The van der Waals surface area contributed by atoms with Gasteiger partial charge in [-0.2, -0.15) is 0 Å². The van der Waals surface area contributed by atoms with Crippen LogP contribution in [0.1, 0.15) is 13.8 Å². The molecule has 0 bridgehead atoms. The summed E-state index contributed by atoms with van der Waals surface area (Å²) >= 11 is 4.15. The zero-order valence-corrected chi connectivity index (χ0v) is 11.6. The van der Waals surface area contributed by atoms with Gasteiger partial charge in [-0.25, -0.2) is 0 Å². The molecule has 0 saturated carbocycles. The van der Waals surface area contributed by atoms with E-state index in [9.17, 15) is 4.79 Å². The number of nitrogens with zero attached hydrogens (tertiary/aromatic N) is 1. The molecule has 4 nitrogen and oxygen atoms in total. The molecule has 1 rings (SSSR count). The maximum absolute atomic E-state index is 12.3. The number of amides is 1. The fraction of sp³-hybridized carbons (Fsp3) is 0.900. The molecule has 1 aliphatic rings. The van der Waals surface area contributed by atoms with Gasteiger partial charge in [0.05, 0.1) is 30.6 Å². The van der Waals surface area contributed by atoms with Crippen molar-refractivity contribution < 1.29 is 14.3 Å². The predicted molar refractivity (Wildman–Crippen MR) is 68.9 cm³/mol. The first kappa shape index (κ1) is 14.2. The standard InChI is InChI=1S/C10H19NO3S2/c1-10(2,16-15)9(12)11-4-5-14-7-8(11)6-13-3/h8,15H,4-7H2,1-3H3/t8-/m0/s1. The Morgan fingerprint density at radius 2 is 2.38 bits per heavy atom. The minimum Gasteiger partial charge on any atom is -0.382 e. The molecular weight excluding hydrogens is 246 g/mol. The van der Waals surface area contributed by atoms with Crippen LogP contribution in [0.2, 0.25) is 0 Å². The minimum atomic E-state index is -0.507. The lowest BCUT2D eigenvalue weighted by atomic mass is 10.1. The van der Waals surface area contributed by atoms with E-state index in [-0.39, 0.29) is 11.9 Å². The highest BCUT2D eigenvalue weighted by Gasteiger charge is 2.36. The van der Waals surface area contributed by atoms with Gasteiger partial charge in [0.25, 0.3) is 0 Å². The highest BCUT2D eigenvalue weighted by molar-refractivity contribution is 8.69. The van der Waals surface area contributed by atoms with Gasteiger partial charge in [-0.05, 0) is 13.8 Å². The van der Waals surface area contributed by atoms with E-state index in [1.807, 2.05) is 18.7 Å². The van der Waals surface area contributed by atoms with E-state index >= 15 is 0 Å². The van der Waals surface area contributed by atoms with Gasteiger partial charge in [0.15, 0.2) is 0 Å². The molecule has 1 aliphatic heterocycles. The van der Waals surface area contributed by atoms with Gasteiger partial charge in [0.2, 0.25) is 5.91 Å². The van der Waals surface area contributed by atoms with Crippen molar-refractivity contribution >= 4 is 28.4 Å². The number of hydrogen-bond donors (Lipinski definition) is 1. The Balaban J connectivity index is 2.71. The molecule has 94 valence electrons. The van der Waals surface area contributed by atoms with E-state index in [4.69, 9.17) is 9.47 Å². The van der Waals surface area contributed by atoms with Gasteiger partial charge in [-0.3, -0.25) is 4.79 Å². The van der Waals surface area contributed by atoms with Crippen LogP contribution in [-0.4, -0.2) is 55.1 Å². The van der Waals surface area contributed by atoms with Crippen molar-refractivity contribution in [2.24, 2.45) is 0 Å². The third-order valence-corrected chi connectivity index (χ3v) is 4.59. The third-order valence-electron chi connectivity index (χ3n) is 2.59. The molecule has 1 atom stereocenters.